The lowest BCUT2D eigenvalue weighted by atomic mass is 10.1. The van der Waals surface area contributed by atoms with Gasteiger partial charge in [0.05, 0.1) is 7.11 Å². The lowest BCUT2D eigenvalue weighted by Crippen LogP contribution is -2.51. The van der Waals surface area contributed by atoms with E-state index in [1.807, 2.05) is 38.4 Å². The summed E-state index contributed by atoms with van der Waals surface area (Å²) in [6.07, 6.45) is 0. The molecule has 7 heteroatoms. The Morgan fingerprint density at radius 1 is 1.00 bits per heavy atom. The first-order valence-corrected chi connectivity index (χ1v) is 9.69. The molecule has 0 spiro atoms. The molecule has 1 aliphatic heterocycles. The van der Waals surface area contributed by atoms with E-state index in [2.05, 4.69) is 10.2 Å². The lowest BCUT2D eigenvalue weighted by molar-refractivity contribution is 0.0671. The van der Waals surface area contributed by atoms with Crippen molar-refractivity contribution in [2.24, 2.45) is 0 Å². The topological polar surface area (TPSA) is 65.1 Å². The minimum atomic E-state index is -0.136. The highest BCUT2D eigenvalue weighted by molar-refractivity contribution is 5.95. The molecule has 2 aromatic rings. The number of hydrogen-bond acceptors (Lipinski definition) is 4. The molecule has 1 saturated heterocycles. The van der Waals surface area contributed by atoms with Crippen LogP contribution in [0.5, 0.6) is 5.75 Å². The third kappa shape index (κ3) is 5.48. The van der Waals surface area contributed by atoms with Crippen molar-refractivity contribution in [3.63, 3.8) is 0 Å². The molecule has 3 rings (SSSR count). The van der Waals surface area contributed by atoms with Gasteiger partial charge in [0.15, 0.2) is 0 Å². The van der Waals surface area contributed by atoms with Crippen LogP contribution in [0.25, 0.3) is 0 Å². The van der Waals surface area contributed by atoms with Gasteiger partial charge in [0.25, 0.3) is 5.91 Å². The van der Waals surface area contributed by atoms with Gasteiger partial charge in [-0.05, 0) is 56.1 Å². The molecule has 0 radical (unpaired) electrons. The van der Waals surface area contributed by atoms with E-state index < -0.39 is 0 Å². The van der Waals surface area contributed by atoms with Crippen LogP contribution in [0.15, 0.2) is 48.5 Å². The van der Waals surface area contributed by atoms with E-state index in [-0.39, 0.29) is 11.9 Å². The molecule has 154 valence electrons. The van der Waals surface area contributed by atoms with Crippen molar-refractivity contribution in [3.05, 3.63) is 59.7 Å². The van der Waals surface area contributed by atoms with Crippen LogP contribution in [0.4, 0.5) is 10.5 Å². The summed E-state index contributed by atoms with van der Waals surface area (Å²) in [5.41, 5.74) is 2.55. The number of hydrogen-bond donors (Lipinski definition) is 1. The van der Waals surface area contributed by atoms with E-state index in [9.17, 15) is 9.59 Å². The zero-order valence-electron chi connectivity index (χ0n) is 17.2. The summed E-state index contributed by atoms with van der Waals surface area (Å²) in [4.78, 5) is 30.9. The predicted molar refractivity (Wildman–Crippen MR) is 113 cm³/mol. The molecule has 2 aromatic carbocycles. The SMILES string of the molecule is COc1ccc(C(=O)N2CCN(C(=O)Nc3cccc(CN(C)C)c3)CC2)cc1. The van der Waals surface area contributed by atoms with Crippen LogP contribution in [0.3, 0.4) is 0 Å². The van der Waals surface area contributed by atoms with Crippen LogP contribution < -0.4 is 10.1 Å². The van der Waals surface area contributed by atoms with Crippen molar-refractivity contribution < 1.29 is 14.3 Å². The van der Waals surface area contributed by atoms with Crippen molar-refractivity contribution in [3.8, 4) is 5.75 Å². The molecule has 1 fully saturated rings. The van der Waals surface area contributed by atoms with Crippen molar-refractivity contribution >= 4 is 17.6 Å². The molecular formula is C22H28N4O3. The number of ether oxygens (including phenoxy) is 1. The second-order valence-electron chi connectivity index (χ2n) is 7.38. The van der Waals surface area contributed by atoms with Crippen LogP contribution >= 0.6 is 0 Å². The summed E-state index contributed by atoms with van der Waals surface area (Å²) in [5, 5.41) is 2.96. The number of carbonyl (C=O) groups excluding carboxylic acids is 2. The maximum Gasteiger partial charge on any atom is 0.321 e. The molecule has 1 heterocycles. The summed E-state index contributed by atoms with van der Waals surface area (Å²) in [6, 6.07) is 14.8. The Morgan fingerprint density at radius 3 is 2.28 bits per heavy atom. The third-order valence-electron chi connectivity index (χ3n) is 4.87. The Kier molecular flexibility index (Phi) is 6.72. The molecule has 29 heavy (non-hydrogen) atoms. The van der Waals surface area contributed by atoms with Gasteiger partial charge < -0.3 is 24.8 Å². The fraction of sp³-hybridized carbons (Fsp3) is 0.364. The molecule has 1 N–H and O–H groups in total. The molecule has 7 nitrogen and oxygen atoms in total. The van der Waals surface area contributed by atoms with Crippen LogP contribution in [0.1, 0.15) is 15.9 Å². The Bertz CT molecular complexity index is 843. The Hall–Kier alpha value is -3.06. The van der Waals surface area contributed by atoms with Gasteiger partial charge in [-0.1, -0.05) is 12.1 Å². The van der Waals surface area contributed by atoms with Gasteiger partial charge >= 0.3 is 6.03 Å². The molecule has 0 aliphatic carbocycles. The summed E-state index contributed by atoms with van der Waals surface area (Å²) < 4.78 is 5.13. The van der Waals surface area contributed by atoms with E-state index in [4.69, 9.17) is 4.74 Å². The van der Waals surface area contributed by atoms with Crippen LogP contribution in [-0.4, -0.2) is 74.0 Å². The predicted octanol–water partition coefficient (Wildman–Crippen LogP) is 2.75. The molecule has 0 unspecified atom stereocenters. The quantitative estimate of drug-likeness (QED) is 0.844. The van der Waals surface area contributed by atoms with E-state index in [1.165, 1.54) is 0 Å². The standard InChI is InChI=1S/C22H28N4O3/c1-24(2)16-17-5-4-6-19(15-17)23-22(28)26-13-11-25(12-14-26)21(27)18-7-9-20(29-3)10-8-18/h4-10,15H,11-14,16H2,1-3H3,(H,23,28). The van der Waals surface area contributed by atoms with E-state index in [0.717, 1.165) is 23.5 Å². The average Bonchev–Trinajstić information content (AvgIpc) is 2.73. The van der Waals surface area contributed by atoms with Gasteiger partial charge in [-0.15, -0.1) is 0 Å². The maximum absolute atomic E-state index is 12.7. The summed E-state index contributed by atoms with van der Waals surface area (Å²) in [7, 11) is 5.62. The minimum absolute atomic E-state index is 0.0240. The van der Waals surface area contributed by atoms with Crippen molar-refractivity contribution in [2.45, 2.75) is 6.54 Å². The van der Waals surface area contributed by atoms with Gasteiger partial charge in [-0.3, -0.25) is 4.79 Å². The number of nitrogens with one attached hydrogen (secondary N) is 1. The minimum Gasteiger partial charge on any atom is -0.497 e. The molecule has 0 bridgehead atoms. The fourth-order valence-corrected chi connectivity index (χ4v) is 3.34. The van der Waals surface area contributed by atoms with Crippen LogP contribution in [0.2, 0.25) is 0 Å². The van der Waals surface area contributed by atoms with Gasteiger partial charge in [0, 0.05) is 44.0 Å². The summed E-state index contributed by atoms with van der Waals surface area (Å²) in [5.74, 6) is 0.696. The fourth-order valence-electron chi connectivity index (χ4n) is 3.34. The lowest BCUT2D eigenvalue weighted by Gasteiger charge is -2.34. The van der Waals surface area contributed by atoms with Crippen LogP contribution in [-0.2, 0) is 6.54 Å². The van der Waals surface area contributed by atoms with Gasteiger partial charge in [0.1, 0.15) is 5.75 Å². The number of rotatable bonds is 5. The molecule has 0 saturated carbocycles. The first-order chi connectivity index (χ1) is 14.0. The molecule has 3 amide bonds. The van der Waals surface area contributed by atoms with Gasteiger partial charge in [-0.2, -0.15) is 0 Å². The van der Waals surface area contributed by atoms with E-state index >= 15 is 0 Å². The zero-order chi connectivity index (χ0) is 20.8. The Balaban J connectivity index is 1.53. The molecule has 0 atom stereocenters. The number of anilines is 1. The first-order valence-electron chi connectivity index (χ1n) is 9.69. The summed E-state index contributed by atoms with van der Waals surface area (Å²) in [6.45, 7) is 2.85. The number of piperazine rings is 1. The van der Waals surface area contributed by atoms with Gasteiger partial charge in [-0.25, -0.2) is 4.79 Å². The maximum atomic E-state index is 12.7. The first kappa shape index (κ1) is 20.7. The number of nitrogens with zero attached hydrogens (tertiary/aromatic N) is 3. The van der Waals surface area contributed by atoms with Crippen molar-refractivity contribution in [2.75, 3.05) is 52.7 Å². The monoisotopic (exact) mass is 396 g/mol. The highest BCUT2D eigenvalue weighted by atomic mass is 16.5. The van der Waals surface area contributed by atoms with Crippen LogP contribution in [0, 0.1) is 0 Å². The Morgan fingerprint density at radius 2 is 1.66 bits per heavy atom. The number of urea groups is 1. The smallest absolute Gasteiger partial charge is 0.321 e. The Labute approximate surface area is 171 Å². The molecule has 0 aromatic heterocycles. The van der Waals surface area contributed by atoms with Crippen molar-refractivity contribution in [1.82, 2.24) is 14.7 Å². The zero-order valence-corrected chi connectivity index (χ0v) is 17.2. The highest BCUT2D eigenvalue weighted by Crippen LogP contribution is 2.16. The number of amides is 3. The van der Waals surface area contributed by atoms with Gasteiger partial charge in [0.2, 0.25) is 0 Å². The highest BCUT2D eigenvalue weighted by Gasteiger charge is 2.25. The van der Waals surface area contributed by atoms with E-state index in [1.54, 1.807) is 41.2 Å². The molecular weight excluding hydrogens is 368 g/mol. The largest absolute Gasteiger partial charge is 0.497 e. The van der Waals surface area contributed by atoms with E-state index in [0.29, 0.717) is 31.7 Å². The number of carbonyl (C=O) groups is 2. The summed E-state index contributed by atoms with van der Waals surface area (Å²) >= 11 is 0. The third-order valence-corrected chi connectivity index (χ3v) is 4.87. The average molecular weight is 396 g/mol. The second-order valence-corrected chi connectivity index (χ2v) is 7.38. The molecule has 1 aliphatic rings. The number of methoxy groups -OCH3 is 1. The number of benzene rings is 2. The van der Waals surface area contributed by atoms with Crippen molar-refractivity contribution in [1.29, 1.82) is 0 Å². The second kappa shape index (κ2) is 9.43. The normalized spacial score (nSPS) is 14.1.